The van der Waals surface area contributed by atoms with Crippen LogP contribution in [0, 0.1) is 17.8 Å². The third-order valence-corrected chi connectivity index (χ3v) is 8.28. The quantitative estimate of drug-likeness (QED) is 0.622. The van der Waals surface area contributed by atoms with Gasteiger partial charge in [-0.25, -0.2) is 0 Å². The summed E-state index contributed by atoms with van der Waals surface area (Å²) in [5.74, 6) is 2.56. The Hall–Kier alpha value is -0.0900. The van der Waals surface area contributed by atoms with Crippen LogP contribution in [0.5, 0.6) is 0 Å². The highest BCUT2D eigenvalue weighted by molar-refractivity contribution is 7.60. The first-order valence-electron chi connectivity index (χ1n) is 6.70. The predicted molar refractivity (Wildman–Crippen MR) is 75.4 cm³/mol. The van der Waals surface area contributed by atoms with Gasteiger partial charge in [0, 0.05) is 0 Å². The Morgan fingerprint density at radius 3 is 1.94 bits per heavy atom. The van der Waals surface area contributed by atoms with Crippen LogP contribution < -0.4 is 0 Å². The number of hydrogen-bond donors (Lipinski definition) is 0. The van der Waals surface area contributed by atoms with E-state index < -0.39 is 0 Å². The largest absolute Gasteiger partial charge is 0.0989 e. The highest BCUT2D eigenvalue weighted by atomic mass is 31.1. The van der Waals surface area contributed by atoms with Crippen molar-refractivity contribution in [3.05, 3.63) is 24.3 Å². The van der Waals surface area contributed by atoms with Gasteiger partial charge in [0.25, 0.3) is 0 Å². The smallest absolute Gasteiger partial charge is 0.000778 e. The second-order valence-electron chi connectivity index (χ2n) is 5.99. The maximum atomic E-state index is 2.41. The molecule has 0 spiro atoms. The SMILES string of the molecule is CC(C)[C@@H]1C[C@@H](C(C)C)P1CC1C=CC=C1. The zero-order valence-corrected chi connectivity index (χ0v) is 12.0. The van der Waals surface area contributed by atoms with Gasteiger partial charge in [-0.3, -0.25) is 0 Å². The molecule has 1 aliphatic heterocycles. The third kappa shape index (κ3) is 2.43. The Morgan fingerprint density at radius 2 is 1.50 bits per heavy atom. The third-order valence-electron chi connectivity index (χ3n) is 4.12. The van der Waals surface area contributed by atoms with Gasteiger partial charge in [0.2, 0.25) is 0 Å². The Labute approximate surface area is 102 Å². The average molecular weight is 236 g/mol. The van der Waals surface area contributed by atoms with Crippen molar-refractivity contribution in [1.29, 1.82) is 0 Å². The van der Waals surface area contributed by atoms with E-state index in [2.05, 4.69) is 52.0 Å². The molecule has 1 heteroatoms. The van der Waals surface area contributed by atoms with Crippen molar-refractivity contribution in [3.8, 4) is 0 Å². The Balaban J connectivity index is 1.96. The fourth-order valence-electron chi connectivity index (χ4n) is 3.05. The van der Waals surface area contributed by atoms with Gasteiger partial charge in [0.15, 0.2) is 0 Å². The van der Waals surface area contributed by atoms with Gasteiger partial charge in [-0.05, 0) is 41.7 Å². The summed E-state index contributed by atoms with van der Waals surface area (Å²) in [6.45, 7) is 9.65. The second kappa shape index (κ2) is 5.05. The molecule has 1 aliphatic carbocycles. The maximum absolute atomic E-state index is 2.41. The second-order valence-corrected chi connectivity index (χ2v) is 8.71. The fourth-order valence-corrected chi connectivity index (χ4v) is 6.95. The Bertz CT molecular complexity index is 262. The summed E-state index contributed by atoms with van der Waals surface area (Å²) in [4.78, 5) is 0. The lowest BCUT2D eigenvalue weighted by Gasteiger charge is -2.50. The average Bonchev–Trinajstić information content (AvgIpc) is 2.63. The molecular formula is C15H25P. The number of rotatable bonds is 4. The highest BCUT2D eigenvalue weighted by Crippen LogP contribution is 2.65. The minimum Gasteiger partial charge on any atom is -0.0989 e. The Morgan fingerprint density at radius 1 is 1.00 bits per heavy atom. The first kappa shape index (κ1) is 12.4. The van der Waals surface area contributed by atoms with Crippen LogP contribution in [-0.2, 0) is 0 Å². The molecule has 0 aromatic heterocycles. The molecule has 0 nitrogen and oxygen atoms in total. The minimum atomic E-state index is 0.283. The summed E-state index contributed by atoms with van der Waals surface area (Å²) < 4.78 is 0. The van der Waals surface area contributed by atoms with Gasteiger partial charge in [-0.2, -0.15) is 0 Å². The lowest BCUT2D eigenvalue weighted by molar-refractivity contribution is 0.442. The molecule has 0 bridgehead atoms. The molecule has 16 heavy (non-hydrogen) atoms. The molecule has 2 atom stereocenters. The van der Waals surface area contributed by atoms with E-state index in [0.29, 0.717) is 0 Å². The maximum Gasteiger partial charge on any atom is -0.000778 e. The van der Waals surface area contributed by atoms with Gasteiger partial charge in [0.1, 0.15) is 0 Å². The molecule has 0 unspecified atom stereocenters. The molecule has 1 saturated heterocycles. The topological polar surface area (TPSA) is 0 Å². The molecule has 2 aliphatic rings. The fraction of sp³-hybridized carbons (Fsp3) is 0.733. The standard InChI is InChI=1S/C15H25P/c1-11(2)14-9-15(12(3)4)16(14)10-13-7-5-6-8-13/h5-8,11-15H,9-10H2,1-4H3/t14-,15-/m0/s1. The first-order chi connectivity index (χ1) is 7.59. The summed E-state index contributed by atoms with van der Waals surface area (Å²) >= 11 is 0. The van der Waals surface area contributed by atoms with Gasteiger partial charge < -0.3 is 0 Å². The molecule has 1 fully saturated rings. The van der Waals surface area contributed by atoms with Gasteiger partial charge in [-0.15, -0.1) is 0 Å². The van der Waals surface area contributed by atoms with E-state index in [1.807, 2.05) is 0 Å². The van der Waals surface area contributed by atoms with Crippen molar-refractivity contribution in [2.75, 3.05) is 6.16 Å². The molecular weight excluding hydrogens is 211 g/mol. The van der Waals surface area contributed by atoms with Crippen molar-refractivity contribution in [1.82, 2.24) is 0 Å². The minimum absolute atomic E-state index is 0.283. The molecule has 1 heterocycles. The zero-order valence-electron chi connectivity index (χ0n) is 11.1. The number of allylic oxidation sites excluding steroid dienone is 4. The van der Waals surface area contributed by atoms with E-state index in [-0.39, 0.29) is 7.92 Å². The van der Waals surface area contributed by atoms with E-state index in [1.54, 1.807) is 0 Å². The van der Waals surface area contributed by atoms with Gasteiger partial charge in [0.05, 0.1) is 0 Å². The van der Waals surface area contributed by atoms with E-state index in [0.717, 1.165) is 29.1 Å². The molecule has 2 rings (SSSR count). The van der Waals surface area contributed by atoms with E-state index >= 15 is 0 Å². The van der Waals surface area contributed by atoms with Crippen LogP contribution in [0.1, 0.15) is 34.1 Å². The Kier molecular flexibility index (Phi) is 3.90. The van der Waals surface area contributed by atoms with Crippen LogP contribution in [0.15, 0.2) is 24.3 Å². The molecule has 0 aromatic carbocycles. The molecule has 0 N–H and O–H groups in total. The van der Waals surface area contributed by atoms with Gasteiger partial charge >= 0.3 is 0 Å². The zero-order chi connectivity index (χ0) is 11.7. The van der Waals surface area contributed by atoms with Crippen LogP contribution in [0.2, 0.25) is 0 Å². The first-order valence-corrected chi connectivity index (χ1v) is 8.37. The summed E-state index contributed by atoms with van der Waals surface area (Å²) in [5.41, 5.74) is 2.09. The van der Waals surface area contributed by atoms with Crippen molar-refractivity contribution in [3.63, 3.8) is 0 Å². The van der Waals surface area contributed by atoms with Crippen molar-refractivity contribution >= 4 is 7.92 Å². The molecule has 0 aromatic rings. The normalized spacial score (nSPS) is 30.6. The number of hydrogen-bond acceptors (Lipinski definition) is 0. The molecule has 0 saturated carbocycles. The highest BCUT2D eigenvalue weighted by Gasteiger charge is 2.43. The summed E-state index contributed by atoms with van der Waals surface area (Å²) in [7, 11) is 0.283. The molecule has 90 valence electrons. The van der Waals surface area contributed by atoms with Gasteiger partial charge in [-0.1, -0.05) is 59.9 Å². The van der Waals surface area contributed by atoms with Crippen LogP contribution in [0.4, 0.5) is 0 Å². The van der Waals surface area contributed by atoms with Crippen molar-refractivity contribution < 1.29 is 0 Å². The predicted octanol–water partition coefficient (Wildman–Crippen LogP) is 4.66. The van der Waals surface area contributed by atoms with E-state index in [4.69, 9.17) is 0 Å². The lowest BCUT2D eigenvalue weighted by atomic mass is 9.98. The van der Waals surface area contributed by atoms with Crippen LogP contribution in [0.25, 0.3) is 0 Å². The lowest BCUT2D eigenvalue weighted by Crippen LogP contribution is -2.39. The summed E-state index contributed by atoms with van der Waals surface area (Å²) in [6.07, 6.45) is 12.2. The van der Waals surface area contributed by atoms with Crippen LogP contribution in [-0.4, -0.2) is 17.5 Å². The van der Waals surface area contributed by atoms with Crippen molar-refractivity contribution in [2.45, 2.75) is 45.4 Å². The van der Waals surface area contributed by atoms with E-state index in [9.17, 15) is 0 Å². The molecule has 0 radical (unpaired) electrons. The summed E-state index contributed by atoms with van der Waals surface area (Å²) in [5, 5.41) is 0. The van der Waals surface area contributed by atoms with Crippen LogP contribution in [0.3, 0.4) is 0 Å². The van der Waals surface area contributed by atoms with Crippen molar-refractivity contribution in [2.24, 2.45) is 17.8 Å². The summed E-state index contributed by atoms with van der Waals surface area (Å²) in [6, 6.07) is 0. The van der Waals surface area contributed by atoms with Crippen LogP contribution >= 0.6 is 7.92 Å². The van der Waals surface area contributed by atoms with E-state index in [1.165, 1.54) is 12.6 Å². The monoisotopic (exact) mass is 236 g/mol. The molecule has 0 amide bonds.